The summed E-state index contributed by atoms with van der Waals surface area (Å²) in [6.07, 6.45) is 2.45. The minimum Gasteiger partial charge on any atom is -0.349 e. The molecule has 1 aliphatic rings. The third-order valence-electron chi connectivity index (χ3n) is 4.52. The predicted octanol–water partition coefficient (Wildman–Crippen LogP) is 2.48. The van der Waals surface area contributed by atoms with E-state index < -0.39 is 5.54 Å². The Morgan fingerprint density at radius 1 is 1.31 bits per heavy atom. The molecular formula is C21H31N3O2. The summed E-state index contributed by atoms with van der Waals surface area (Å²) >= 11 is 0. The number of likely N-dealkylation sites (tertiary alicyclic amines) is 1. The normalized spacial score (nSPS) is 23.9. The number of nitrogens with one attached hydrogen (secondary N) is 2. The lowest BCUT2D eigenvalue weighted by Gasteiger charge is -2.45. The monoisotopic (exact) mass is 357 g/mol. The summed E-state index contributed by atoms with van der Waals surface area (Å²) in [6, 6.07) is 10.2. The summed E-state index contributed by atoms with van der Waals surface area (Å²) in [7, 11) is 0. The molecule has 1 aliphatic heterocycles. The summed E-state index contributed by atoms with van der Waals surface area (Å²) in [5, 5.41) is 6.01. The number of piperidine rings is 1. The van der Waals surface area contributed by atoms with Crippen molar-refractivity contribution in [2.75, 3.05) is 13.1 Å². The molecule has 0 aromatic heterocycles. The molecule has 5 nitrogen and oxygen atoms in total. The molecule has 0 saturated carbocycles. The number of nitrogens with zero attached hydrogens (tertiary/aromatic N) is 1. The molecule has 1 saturated heterocycles. The van der Waals surface area contributed by atoms with Crippen molar-refractivity contribution in [2.24, 2.45) is 5.92 Å². The van der Waals surface area contributed by atoms with Crippen LogP contribution < -0.4 is 10.6 Å². The summed E-state index contributed by atoms with van der Waals surface area (Å²) in [4.78, 5) is 27.3. The second kappa shape index (κ2) is 8.04. The van der Waals surface area contributed by atoms with Crippen LogP contribution in [0.5, 0.6) is 0 Å². The molecule has 2 atom stereocenters. The van der Waals surface area contributed by atoms with Crippen LogP contribution in [0, 0.1) is 5.92 Å². The van der Waals surface area contributed by atoms with Gasteiger partial charge in [0.25, 0.3) is 0 Å². The maximum atomic E-state index is 13.1. The van der Waals surface area contributed by atoms with E-state index >= 15 is 0 Å². The highest BCUT2D eigenvalue weighted by molar-refractivity contribution is 5.91. The number of rotatable bonds is 5. The lowest BCUT2D eigenvalue weighted by Crippen LogP contribution is -2.68. The van der Waals surface area contributed by atoms with E-state index in [0.29, 0.717) is 13.0 Å². The minimum atomic E-state index is -0.953. The van der Waals surface area contributed by atoms with E-state index in [0.717, 1.165) is 13.1 Å². The average molecular weight is 357 g/mol. The Hall–Kier alpha value is -2.14. The third-order valence-corrected chi connectivity index (χ3v) is 4.52. The molecule has 0 aliphatic carbocycles. The third kappa shape index (κ3) is 5.43. The average Bonchev–Trinajstić information content (AvgIpc) is 2.53. The van der Waals surface area contributed by atoms with Crippen LogP contribution in [-0.4, -0.2) is 40.9 Å². The van der Waals surface area contributed by atoms with Crippen LogP contribution in [0.25, 0.3) is 0 Å². The number of benzene rings is 1. The van der Waals surface area contributed by atoms with Gasteiger partial charge in [-0.25, -0.2) is 0 Å². The van der Waals surface area contributed by atoms with E-state index in [4.69, 9.17) is 0 Å². The van der Waals surface area contributed by atoms with Crippen LogP contribution in [0.1, 0.15) is 39.7 Å². The number of carbonyl (C=O) groups is 2. The van der Waals surface area contributed by atoms with E-state index in [1.165, 1.54) is 12.5 Å². The van der Waals surface area contributed by atoms with Crippen LogP contribution in [0.4, 0.5) is 0 Å². The molecule has 0 bridgehead atoms. The number of amides is 2. The van der Waals surface area contributed by atoms with Crippen molar-refractivity contribution in [3.63, 3.8) is 0 Å². The quantitative estimate of drug-likeness (QED) is 0.796. The lowest BCUT2D eigenvalue weighted by atomic mass is 9.80. The molecule has 2 N–H and O–H groups in total. The van der Waals surface area contributed by atoms with Gasteiger partial charge in [-0.15, -0.1) is 6.58 Å². The van der Waals surface area contributed by atoms with Crippen molar-refractivity contribution in [1.29, 1.82) is 0 Å². The molecule has 0 unspecified atom stereocenters. The summed E-state index contributed by atoms with van der Waals surface area (Å²) < 4.78 is 0. The standard InChI is InChI=1S/C21H31N3O2/c1-6-17-12-21(22-16(2)25,19(26)23-20(3,4)5)15-24(13-17)14-18-10-8-7-9-11-18/h6-11,17H,1,12-15H2,2-5H3,(H,22,25)(H,23,26)/t17-,21+/m0/s1. The fourth-order valence-electron chi connectivity index (χ4n) is 3.58. The molecule has 26 heavy (non-hydrogen) atoms. The molecule has 1 fully saturated rings. The Morgan fingerprint density at radius 2 is 1.96 bits per heavy atom. The van der Waals surface area contributed by atoms with Gasteiger partial charge in [0.2, 0.25) is 11.8 Å². The Labute approximate surface area is 156 Å². The van der Waals surface area contributed by atoms with Gasteiger partial charge in [0.05, 0.1) is 0 Å². The van der Waals surface area contributed by atoms with Crippen molar-refractivity contribution in [2.45, 2.75) is 51.7 Å². The van der Waals surface area contributed by atoms with Gasteiger partial charge in [-0.1, -0.05) is 36.4 Å². The Kier molecular flexibility index (Phi) is 6.24. The molecule has 2 amide bonds. The molecule has 1 aromatic rings. The highest BCUT2D eigenvalue weighted by atomic mass is 16.2. The number of carbonyl (C=O) groups excluding carboxylic acids is 2. The highest BCUT2D eigenvalue weighted by Gasteiger charge is 2.46. The second-order valence-corrected chi connectivity index (χ2v) is 8.32. The zero-order chi connectivity index (χ0) is 19.4. The lowest BCUT2D eigenvalue weighted by molar-refractivity contribution is -0.137. The molecule has 1 heterocycles. The maximum Gasteiger partial charge on any atom is 0.247 e. The van der Waals surface area contributed by atoms with Gasteiger partial charge in [-0.2, -0.15) is 0 Å². The maximum absolute atomic E-state index is 13.1. The van der Waals surface area contributed by atoms with Crippen LogP contribution in [0.3, 0.4) is 0 Å². The summed E-state index contributed by atoms with van der Waals surface area (Å²) in [6.45, 7) is 13.3. The first kappa shape index (κ1) is 20.2. The Balaban J connectivity index is 2.30. The fourth-order valence-corrected chi connectivity index (χ4v) is 3.58. The van der Waals surface area contributed by atoms with Gasteiger partial charge in [0.1, 0.15) is 5.54 Å². The number of hydrogen-bond donors (Lipinski definition) is 2. The molecule has 5 heteroatoms. The van der Waals surface area contributed by atoms with Gasteiger partial charge in [0, 0.05) is 32.1 Å². The zero-order valence-electron chi connectivity index (χ0n) is 16.3. The SMILES string of the molecule is C=C[C@@H]1CN(Cc2ccccc2)C[C@@](NC(C)=O)(C(=O)NC(C)(C)C)C1. The van der Waals surface area contributed by atoms with Crippen LogP contribution in [-0.2, 0) is 16.1 Å². The molecule has 2 rings (SSSR count). The van der Waals surface area contributed by atoms with Gasteiger partial charge < -0.3 is 10.6 Å². The molecule has 0 radical (unpaired) electrons. The van der Waals surface area contributed by atoms with Gasteiger partial charge in [-0.3, -0.25) is 14.5 Å². The zero-order valence-corrected chi connectivity index (χ0v) is 16.3. The van der Waals surface area contributed by atoms with Crippen molar-refractivity contribution in [3.8, 4) is 0 Å². The summed E-state index contributed by atoms with van der Waals surface area (Å²) in [5.41, 5.74) is -0.135. The molecule has 0 spiro atoms. The minimum absolute atomic E-state index is 0.130. The highest BCUT2D eigenvalue weighted by Crippen LogP contribution is 2.29. The second-order valence-electron chi connectivity index (χ2n) is 8.32. The molecule has 142 valence electrons. The van der Waals surface area contributed by atoms with Gasteiger partial charge in [0.15, 0.2) is 0 Å². The van der Waals surface area contributed by atoms with Gasteiger partial charge in [-0.05, 0) is 38.7 Å². The van der Waals surface area contributed by atoms with E-state index in [-0.39, 0.29) is 23.3 Å². The Morgan fingerprint density at radius 3 is 2.50 bits per heavy atom. The summed E-state index contributed by atoms with van der Waals surface area (Å²) in [5.74, 6) is -0.201. The van der Waals surface area contributed by atoms with Crippen molar-refractivity contribution in [3.05, 3.63) is 48.6 Å². The molecular weight excluding hydrogens is 326 g/mol. The number of hydrogen-bond acceptors (Lipinski definition) is 3. The van der Waals surface area contributed by atoms with E-state index in [1.54, 1.807) is 0 Å². The fraction of sp³-hybridized carbons (Fsp3) is 0.524. The van der Waals surface area contributed by atoms with Crippen molar-refractivity contribution >= 4 is 11.8 Å². The first-order valence-electron chi connectivity index (χ1n) is 9.14. The predicted molar refractivity (Wildman–Crippen MR) is 104 cm³/mol. The van der Waals surface area contributed by atoms with Crippen LogP contribution >= 0.6 is 0 Å². The van der Waals surface area contributed by atoms with Gasteiger partial charge >= 0.3 is 0 Å². The first-order valence-corrected chi connectivity index (χ1v) is 9.14. The topological polar surface area (TPSA) is 61.4 Å². The van der Waals surface area contributed by atoms with E-state index in [2.05, 4.69) is 34.2 Å². The van der Waals surface area contributed by atoms with E-state index in [1.807, 2.05) is 45.0 Å². The van der Waals surface area contributed by atoms with Crippen molar-refractivity contribution in [1.82, 2.24) is 15.5 Å². The smallest absolute Gasteiger partial charge is 0.247 e. The first-order chi connectivity index (χ1) is 12.1. The Bertz CT molecular complexity index is 651. The van der Waals surface area contributed by atoms with E-state index in [9.17, 15) is 9.59 Å². The molecule has 1 aromatic carbocycles. The van der Waals surface area contributed by atoms with Crippen LogP contribution in [0.15, 0.2) is 43.0 Å². The van der Waals surface area contributed by atoms with Crippen LogP contribution in [0.2, 0.25) is 0 Å². The van der Waals surface area contributed by atoms with Crippen molar-refractivity contribution < 1.29 is 9.59 Å². The largest absolute Gasteiger partial charge is 0.349 e.